The van der Waals surface area contributed by atoms with Crippen molar-refractivity contribution in [1.82, 2.24) is 9.97 Å². The summed E-state index contributed by atoms with van der Waals surface area (Å²) in [5.41, 5.74) is 7.95. The maximum absolute atomic E-state index is 5.85. The molecule has 2 N–H and O–H groups in total. The van der Waals surface area contributed by atoms with Gasteiger partial charge in [-0.1, -0.05) is 12.1 Å². The molecule has 17 heavy (non-hydrogen) atoms. The van der Waals surface area contributed by atoms with Crippen LogP contribution in [0.5, 0.6) is 5.75 Å². The number of rotatable bonds is 3. The standard InChI is InChI=1S/C13H15N3O/c1-9-15-8-11(13(14)16-9)7-10-3-5-12(17-2)6-4-10/h3-6,8H,7H2,1-2H3,(H2,14,15,16). The Morgan fingerprint density at radius 1 is 1.24 bits per heavy atom. The third-order valence-electron chi connectivity index (χ3n) is 2.57. The van der Waals surface area contributed by atoms with Crippen molar-refractivity contribution < 1.29 is 4.74 Å². The van der Waals surface area contributed by atoms with E-state index in [4.69, 9.17) is 10.5 Å². The minimum Gasteiger partial charge on any atom is -0.497 e. The molecule has 0 spiro atoms. The molecule has 4 nitrogen and oxygen atoms in total. The van der Waals surface area contributed by atoms with Crippen LogP contribution in [0.15, 0.2) is 30.5 Å². The summed E-state index contributed by atoms with van der Waals surface area (Å²) in [6, 6.07) is 7.89. The molecule has 2 rings (SSSR count). The lowest BCUT2D eigenvalue weighted by atomic mass is 10.1. The number of benzene rings is 1. The lowest BCUT2D eigenvalue weighted by molar-refractivity contribution is 0.414. The number of methoxy groups -OCH3 is 1. The predicted octanol–water partition coefficient (Wildman–Crippen LogP) is 1.97. The number of anilines is 1. The minimum absolute atomic E-state index is 0.549. The van der Waals surface area contributed by atoms with Crippen LogP contribution in [0.4, 0.5) is 5.82 Å². The highest BCUT2D eigenvalue weighted by Crippen LogP contribution is 2.16. The Labute approximate surface area is 100 Å². The Bertz CT molecular complexity index is 509. The van der Waals surface area contributed by atoms with Gasteiger partial charge in [0, 0.05) is 18.2 Å². The van der Waals surface area contributed by atoms with Crippen molar-refractivity contribution in [1.29, 1.82) is 0 Å². The molecule has 2 aromatic rings. The van der Waals surface area contributed by atoms with E-state index in [2.05, 4.69) is 9.97 Å². The highest BCUT2D eigenvalue weighted by molar-refractivity contribution is 5.41. The van der Waals surface area contributed by atoms with Crippen molar-refractivity contribution in [2.24, 2.45) is 0 Å². The molecule has 0 amide bonds. The van der Waals surface area contributed by atoms with Crippen LogP contribution in [0.2, 0.25) is 0 Å². The zero-order valence-electron chi connectivity index (χ0n) is 9.97. The first-order valence-corrected chi connectivity index (χ1v) is 5.40. The molecule has 0 saturated carbocycles. The largest absolute Gasteiger partial charge is 0.497 e. The van der Waals surface area contributed by atoms with Gasteiger partial charge in [-0.3, -0.25) is 0 Å². The Morgan fingerprint density at radius 3 is 2.53 bits per heavy atom. The molecule has 0 aliphatic heterocycles. The number of hydrogen-bond donors (Lipinski definition) is 1. The van der Waals surface area contributed by atoms with E-state index in [0.717, 1.165) is 23.3 Å². The normalized spacial score (nSPS) is 10.2. The summed E-state index contributed by atoms with van der Waals surface area (Å²) in [4.78, 5) is 8.30. The van der Waals surface area contributed by atoms with Crippen molar-refractivity contribution in [2.75, 3.05) is 12.8 Å². The van der Waals surface area contributed by atoms with Crippen LogP contribution >= 0.6 is 0 Å². The highest BCUT2D eigenvalue weighted by Gasteiger charge is 2.03. The highest BCUT2D eigenvalue weighted by atomic mass is 16.5. The van der Waals surface area contributed by atoms with Gasteiger partial charge in [0.05, 0.1) is 7.11 Å². The molecule has 0 radical (unpaired) electrons. The average Bonchev–Trinajstić information content (AvgIpc) is 2.34. The summed E-state index contributed by atoms with van der Waals surface area (Å²) in [5.74, 6) is 2.09. The SMILES string of the molecule is COc1ccc(Cc2cnc(C)nc2N)cc1. The van der Waals surface area contributed by atoms with Crippen molar-refractivity contribution in [3.8, 4) is 5.75 Å². The van der Waals surface area contributed by atoms with Gasteiger partial charge >= 0.3 is 0 Å². The zero-order valence-corrected chi connectivity index (χ0v) is 9.97. The van der Waals surface area contributed by atoms with E-state index >= 15 is 0 Å². The van der Waals surface area contributed by atoms with Gasteiger partial charge in [-0.2, -0.15) is 0 Å². The molecule has 4 heteroatoms. The number of nitrogen functional groups attached to an aromatic ring is 1. The molecular formula is C13H15N3O. The van der Waals surface area contributed by atoms with Crippen LogP contribution in [-0.2, 0) is 6.42 Å². The van der Waals surface area contributed by atoms with E-state index in [0.29, 0.717) is 11.6 Å². The lowest BCUT2D eigenvalue weighted by Crippen LogP contribution is -2.02. The summed E-state index contributed by atoms with van der Waals surface area (Å²) >= 11 is 0. The number of aromatic nitrogens is 2. The van der Waals surface area contributed by atoms with Gasteiger partial charge in [-0.15, -0.1) is 0 Å². The van der Waals surface area contributed by atoms with E-state index in [1.165, 1.54) is 0 Å². The summed E-state index contributed by atoms with van der Waals surface area (Å²) in [6.07, 6.45) is 2.51. The summed E-state index contributed by atoms with van der Waals surface area (Å²) < 4.78 is 5.11. The van der Waals surface area contributed by atoms with Gasteiger partial charge < -0.3 is 10.5 Å². The van der Waals surface area contributed by atoms with Crippen LogP contribution in [0, 0.1) is 6.92 Å². The molecular weight excluding hydrogens is 214 g/mol. The van der Waals surface area contributed by atoms with Gasteiger partial charge in [0.2, 0.25) is 0 Å². The Morgan fingerprint density at radius 2 is 1.94 bits per heavy atom. The quantitative estimate of drug-likeness (QED) is 0.874. The predicted molar refractivity (Wildman–Crippen MR) is 67.0 cm³/mol. The van der Waals surface area contributed by atoms with Crippen LogP contribution in [0.25, 0.3) is 0 Å². The molecule has 0 fully saturated rings. The van der Waals surface area contributed by atoms with E-state index in [1.807, 2.05) is 31.2 Å². The van der Waals surface area contributed by atoms with Crippen LogP contribution in [-0.4, -0.2) is 17.1 Å². The van der Waals surface area contributed by atoms with Gasteiger partial charge in [0.15, 0.2) is 0 Å². The Hall–Kier alpha value is -2.10. The van der Waals surface area contributed by atoms with E-state index in [9.17, 15) is 0 Å². The number of ether oxygens (including phenoxy) is 1. The molecule has 0 aliphatic carbocycles. The van der Waals surface area contributed by atoms with E-state index < -0.39 is 0 Å². The van der Waals surface area contributed by atoms with Crippen molar-refractivity contribution >= 4 is 5.82 Å². The maximum Gasteiger partial charge on any atom is 0.130 e. The molecule has 1 heterocycles. The van der Waals surface area contributed by atoms with Gasteiger partial charge in [-0.25, -0.2) is 9.97 Å². The molecule has 0 unspecified atom stereocenters. The number of nitrogens with two attached hydrogens (primary N) is 1. The van der Waals surface area contributed by atoms with Gasteiger partial charge in [-0.05, 0) is 24.6 Å². The molecule has 0 bridgehead atoms. The Balaban J connectivity index is 2.19. The van der Waals surface area contributed by atoms with Crippen molar-refractivity contribution in [3.63, 3.8) is 0 Å². The van der Waals surface area contributed by atoms with Crippen LogP contribution < -0.4 is 10.5 Å². The fourth-order valence-corrected chi connectivity index (χ4v) is 1.61. The van der Waals surface area contributed by atoms with E-state index in [1.54, 1.807) is 13.3 Å². The summed E-state index contributed by atoms with van der Waals surface area (Å²) in [5, 5.41) is 0. The maximum atomic E-state index is 5.85. The smallest absolute Gasteiger partial charge is 0.130 e. The molecule has 0 aliphatic rings. The van der Waals surface area contributed by atoms with Crippen LogP contribution in [0.1, 0.15) is 17.0 Å². The third kappa shape index (κ3) is 2.72. The number of hydrogen-bond acceptors (Lipinski definition) is 4. The second-order valence-corrected chi connectivity index (χ2v) is 3.85. The summed E-state index contributed by atoms with van der Waals surface area (Å²) in [6.45, 7) is 1.83. The Kier molecular flexibility index (Phi) is 3.23. The van der Waals surface area contributed by atoms with Crippen molar-refractivity contribution in [2.45, 2.75) is 13.3 Å². The van der Waals surface area contributed by atoms with Crippen LogP contribution in [0.3, 0.4) is 0 Å². The first-order valence-electron chi connectivity index (χ1n) is 5.40. The van der Waals surface area contributed by atoms with Crippen molar-refractivity contribution in [3.05, 3.63) is 47.4 Å². The number of aryl methyl sites for hydroxylation is 1. The molecule has 0 saturated heterocycles. The summed E-state index contributed by atoms with van der Waals surface area (Å²) in [7, 11) is 1.65. The molecule has 1 aromatic heterocycles. The second kappa shape index (κ2) is 4.82. The fourth-order valence-electron chi connectivity index (χ4n) is 1.61. The molecule has 1 aromatic carbocycles. The zero-order chi connectivity index (χ0) is 12.3. The lowest BCUT2D eigenvalue weighted by Gasteiger charge is -2.06. The topological polar surface area (TPSA) is 61.0 Å². The van der Waals surface area contributed by atoms with E-state index in [-0.39, 0.29) is 0 Å². The van der Waals surface area contributed by atoms with Gasteiger partial charge in [0.1, 0.15) is 17.4 Å². The fraction of sp³-hybridized carbons (Fsp3) is 0.231. The first-order chi connectivity index (χ1) is 8.19. The third-order valence-corrected chi connectivity index (χ3v) is 2.57. The minimum atomic E-state index is 0.549. The first kappa shape index (κ1) is 11.4. The van der Waals surface area contributed by atoms with Gasteiger partial charge in [0.25, 0.3) is 0 Å². The number of nitrogens with zero attached hydrogens (tertiary/aromatic N) is 2. The molecule has 0 atom stereocenters. The molecule has 88 valence electrons. The monoisotopic (exact) mass is 229 g/mol. The second-order valence-electron chi connectivity index (χ2n) is 3.85. The average molecular weight is 229 g/mol.